The van der Waals surface area contributed by atoms with Crippen LogP contribution in [0.3, 0.4) is 0 Å². The number of nitrogen functional groups attached to an aromatic ring is 1. The third kappa shape index (κ3) is 3.74. The summed E-state index contributed by atoms with van der Waals surface area (Å²) in [5.41, 5.74) is 17.7. The second-order valence-electron chi connectivity index (χ2n) is 4.48. The van der Waals surface area contributed by atoms with Gasteiger partial charge >= 0.3 is 0 Å². The van der Waals surface area contributed by atoms with Crippen LogP contribution in [0.25, 0.3) is 0 Å². The van der Waals surface area contributed by atoms with Crippen LogP contribution in [0.1, 0.15) is 11.1 Å². The Kier molecular flexibility index (Phi) is 4.77. The van der Waals surface area contributed by atoms with Gasteiger partial charge in [0.15, 0.2) is 0 Å². The van der Waals surface area contributed by atoms with E-state index in [2.05, 4.69) is 10.2 Å². The third-order valence-electron chi connectivity index (χ3n) is 2.90. The molecule has 0 aliphatic heterocycles. The van der Waals surface area contributed by atoms with Gasteiger partial charge in [0.2, 0.25) is 5.96 Å². The van der Waals surface area contributed by atoms with Gasteiger partial charge in [0, 0.05) is 28.9 Å². The van der Waals surface area contributed by atoms with Gasteiger partial charge in [0.1, 0.15) is 5.71 Å². The van der Waals surface area contributed by atoms with Gasteiger partial charge in [-0.15, -0.1) is 10.2 Å². The van der Waals surface area contributed by atoms with E-state index >= 15 is 0 Å². The van der Waals surface area contributed by atoms with Crippen LogP contribution in [-0.4, -0.2) is 16.6 Å². The SMILES string of the molecule is NC(N)=N/N=C(/c1cc([N+](=O)[O-])ccc1N)c1ccccc1Cl. The molecule has 0 spiro atoms. The summed E-state index contributed by atoms with van der Waals surface area (Å²) in [4.78, 5) is 10.5. The summed E-state index contributed by atoms with van der Waals surface area (Å²) in [5, 5.41) is 18.9. The molecule has 0 aromatic heterocycles. The third-order valence-corrected chi connectivity index (χ3v) is 3.23. The number of halogens is 1. The van der Waals surface area contributed by atoms with Crippen LogP contribution in [0, 0.1) is 10.1 Å². The summed E-state index contributed by atoms with van der Waals surface area (Å²) < 4.78 is 0. The summed E-state index contributed by atoms with van der Waals surface area (Å²) in [5.74, 6) is -0.265. The van der Waals surface area contributed by atoms with E-state index in [0.29, 0.717) is 16.1 Å². The van der Waals surface area contributed by atoms with Crippen LogP contribution >= 0.6 is 11.6 Å². The van der Waals surface area contributed by atoms with E-state index in [9.17, 15) is 10.1 Å². The second-order valence-corrected chi connectivity index (χ2v) is 4.89. The molecule has 0 fully saturated rings. The molecule has 0 amide bonds. The molecule has 0 saturated carbocycles. The monoisotopic (exact) mass is 332 g/mol. The van der Waals surface area contributed by atoms with Crippen molar-refractivity contribution >= 4 is 34.6 Å². The Bertz CT molecular complexity index is 815. The molecule has 0 bridgehead atoms. The number of rotatable bonds is 4. The fraction of sp³-hybridized carbons (Fsp3) is 0. The van der Waals surface area contributed by atoms with Gasteiger partial charge in [-0.25, -0.2) is 0 Å². The zero-order valence-electron chi connectivity index (χ0n) is 11.8. The highest BCUT2D eigenvalue weighted by Crippen LogP contribution is 2.26. The summed E-state index contributed by atoms with van der Waals surface area (Å²) >= 11 is 6.17. The molecule has 2 rings (SSSR count). The first-order valence-corrected chi connectivity index (χ1v) is 6.73. The molecule has 0 radical (unpaired) electrons. The Morgan fingerprint density at radius 1 is 1.09 bits per heavy atom. The predicted molar refractivity (Wildman–Crippen MR) is 90.4 cm³/mol. The minimum absolute atomic E-state index is 0.140. The van der Waals surface area contributed by atoms with Crippen molar-refractivity contribution in [1.29, 1.82) is 0 Å². The number of nitrogens with zero attached hydrogens (tertiary/aromatic N) is 3. The van der Waals surface area contributed by atoms with E-state index in [4.69, 9.17) is 28.8 Å². The maximum absolute atomic E-state index is 11.0. The Labute approximate surface area is 136 Å². The quantitative estimate of drug-likeness (QED) is 0.257. The van der Waals surface area contributed by atoms with Crippen molar-refractivity contribution in [3.63, 3.8) is 0 Å². The number of hydrogen-bond acceptors (Lipinski definition) is 5. The minimum atomic E-state index is -0.534. The molecule has 0 heterocycles. The number of guanidine groups is 1. The van der Waals surface area contributed by atoms with Crippen LogP contribution in [-0.2, 0) is 0 Å². The van der Waals surface area contributed by atoms with E-state index in [0.717, 1.165) is 0 Å². The van der Waals surface area contributed by atoms with E-state index in [-0.39, 0.29) is 23.0 Å². The number of hydrogen-bond donors (Lipinski definition) is 3. The molecule has 0 aliphatic rings. The van der Waals surface area contributed by atoms with E-state index < -0.39 is 4.92 Å². The minimum Gasteiger partial charge on any atom is -0.398 e. The fourth-order valence-corrected chi connectivity index (χ4v) is 2.10. The lowest BCUT2D eigenvalue weighted by atomic mass is 10.00. The molecule has 0 atom stereocenters. The number of non-ortho nitro benzene ring substituents is 1. The number of nitro groups is 1. The first kappa shape index (κ1) is 16.2. The molecule has 2 aromatic rings. The van der Waals surface area contributed by atoms with Crippen molar-refractivity contribution < 1.29 is 4.92 Å². The van der Waals surface area contributed by atoms with Crippen molar-refractivity contribution in [3.8, 4) is 0 Å². The van der Waals surface area contributed by atoms with Crippen molar-refractivity contribution in [2.24, 2.45) is 21.7 Å². The topological polar surface area (TPSA) is 146 Å². The molecule has 118 valence electrons. The lowest BCUT2D eigenvalue weighted by molar-refractivity contribution is -0.384. The highest BCUT2D eigenvalue weighted by molar-refractivity contribution is 6.35. The average molecular weight is 333 g/mol. The van der Waals surface area contributed by atoms with Gasteiger partial charge in [-0.3, -0.25) is 10.1 Å². The molecule has 9 heteroatoms. The maximum Gasteiger partial charge on any atom is 0.270 e. The molecule has 2 aromatic carbocycles. The van der Waals surface area contributed by atoms with Gasteiger partial charge in [0.05, 0.1) is 9.95 Å². The Balaban J connectivity index is 2.71. The van der Waals surface area contributed by atoms with E-state index in [1.165, 1.54) is 18.2 Å². The summed E-state index contributed by atoms with van der Waals surface area (Å²) in [7, 11) is 0. The van der Waals surface area contributed by atoms with Crippen molar-refractivity contribution in [3.05, 3.63) is 68.7 Å². The summed E-state index contributed by atoms with van der Waals surface area (Å²) in [6, 6.07) is 10.8. The standard InChI is InChI=1S/C14H13ClN6O2/c15-11-4-2-1-3-9(11)13(19-20-14(17)18)10-7-8(21(22)23)5-6-12(10)16/h1-7H,16H2,(H4,17,18,20)/b19-13+. The first-order chi connectivity index (χ1) is 10.9. The van der Waals surface area contributed by atoms with Crippen molar-refractivity contribution in [2.45, 2.75) is 0 Å². The molecule has 6 N–H and O–H groups in total. The van der Waals surface area contributed by atoms with Crippen LogP contribution in [0.4, 0.5) is 11.4 Å². The average Bonchev–Trinajstić information content (AvgIpc) is 2.50. The zero-order valence-corrected chi connectivity index (χ0v) is 12.6. The highest BCUT2D eigenvalue weighted by Gasteiger charge is 2.17. The summed E-state index contributed by atoms with van der Waals surface area (Å²) in [6.45, 7) is 0. The normalized spacial score (nSPS) is 11.1. The molecular weight excluding hydrogens is 320 g/mol. The van der Waals surface area contributed by atoms with Crippen LogP contribution in [0.5, 0.6) is 0 Å². The number of anilines is 1. The lowest BCUT2D eigenvalue weighted by Crippen LogP contribution is -2.22. The van der Waals surface area contributed by atoms with Gasteiger partial charge in [-0.05, 0) is 12.1 Å². The second kappa shape index (κ2) is 6.75. The van der Waals surface area contributed by atoms with Gasteiger partial charge in [-0.2, -0.15) is 0 Å². The van der Waals surface area contributed by atoms with E-state index in [1.54, 1.807) is 24.3 Å². The predicted octanol–water partition coefficient (Wildman–Crippen LogP) is 1.86. The largest absolute Gasteiger partial charge is 0.398 e. The van der Waals surface area contributed by atoms with Crippen LogP contribution in [0.15, 0.2) is 52.7 Å². The zero-order chi connectivity index (χ0) is 17.0. The molecule has 0 aliphatic carbocycles. The summed E-state index contributed by atoms with van der Waals surface area (Å²) in [6.07, 6.45) is 0. The van der Waals surface area contributed by atoms with E-state index in [1.807, 2.05) is 0 Å². The van der Waals surface area contributed by atoms with Crippen molar-refractivity contribution in [1.82, 2.24) is 0 Å². The maximum atomic E-state index is 11.0. The lowest BCUT2D eigenvalue weighted by Gasteiger charge is -2.10. The van der Waals surface area contributed by atoms with Crippen molar-refractivity contribution in [2.75, 3.05) is 5.73 Å². The number of benzene rings is 2. The Hall–Kier alpha value is -3.13. The molecular formula is C14H13ClN6O2. The smallest absolute Gasteiger partial charge is 0.270 e. The fourth-order valence-electron chi connectivity index (χ4n) is 1.88. The molecule has 8 nitrogen and oxygen atoms in total. The molecule has 23 heavy (non-hydrogen) atoms. The number of nitro benzene ring substituents is 1. The van der Waals surface area contributed by atoms with Crippen LogP contribution in [0.2, 0.25) is 5.02 Å². The highest BCUT2D eigenvalue weighted by atomic mass is 35.5. The number of nitrogens with two attached hydrogens (primary N) is 3. The first-order valence-electron chi connectivity index (χ1n) is 6.36. The van der Waals surface area contributed by atoms with Crippen LogP contribution < -0.4 is 17.2 Å². The Morgan fingerprint density at radius 3 is 2.39 bits per heavy atom. The molecule has 0 unspecified atom stereocenters. The van der Waals surface area contributed by atoms with Gasteiger partial charge in [0.25, 0.3) is 5.69 Å². The molecule has 0 saturated heterocycles. The Morgan fingerprint density at radius 2 is 1.78 bits per heavy atom. The van der Waals surface area contributed by atoms with Gasteiger partial charge < -0.3 is 17.2 Å². The van der Waals surface area contributed by atoms with Gasteiger partial charge in [-0.1, -0.05) is 29.8 Å².